The van der Waals surface area contributed by atoms with E-state index in [4.69, 9.17) is 29.4 Å². The molecule has 0 spiro atoms. The van der Waals surface area contributed by atoms with Crippen LogP contribution in [0.2, 0.25) is 0 Å². The number of hydrogen-bond donors (Lipinski definition) is 4. The Labute approximate surface area is 391 Å². The van der Waals surface area contributed by atoms with E-state index in [1.54, 1.807) is 12.2 Å². The molecule has 1 unspecified atom stereocenters. The summed E-state index contributed by atoms with van der Waals surface area (Å²) in [6.45, 7) is 3.79. The third-order valence-electron chi connectivity index (χ3n) is 10.0. The fourth-order valence-electron chi connectivity index (χ4n) is 6.10. The van der Waals surface area contributed by atoms with Gasteiger partial charge in [-0.2, -0.15) is 0 Å². The number of quaternary nitrogens is 1. The highest BCUT2D eigenvalue weighted by atomic mass is 32.2. The number of ether oxygens (including phenoxy) is 2. The van der Waals surface area contributed by atoms with Gasteiger partial charge < -0.3 is 34.8 Å². The van der Waals surface area contributed by atoms with Gasteiger partial charge in [-0.1, -0.05) is 139 Å². The summed E-state index contributed by atoms with van der Waals surface area (Å²) < 4.78 is 34.4. The SMILES string of the molecule is CCCCC/C=C\C\C=C/C=C/C=C/[C@@H](SC[C@H](N)C(=O)OC[C@H](COP(=O)(O)OCC[N+](C)(C)C)OC(=O)CCCCCCC/C=C\CCCCCCCC)[C@@H](O)CCCC(=O)O. The molecule has 0 aliphatic carbocycles. The number of phosphoric acid groups is 1. The topological polar surface area (TPSA) is 192 Å². The number of nitrogens with two attached hydrogens (primary N) is 1. The molecule has 0 fully saturated rings. The van der Waals surface area contributed by atoms with E-state index in [0.717, 1.165) is 51.4 Å². The standard InChI is InChI=1S/C49H87N2O11PS/c1-6-8-10-12-14-16-18-20-21-22-24-26-28-30-32-37-48(55)62-43(41-61-63(57,58)60-39-38-51(3,4)5)40-59-49(56)44(50)42-64-46(45(52)34-33-36-47(53)54)35-31-29-27-25-23-19-17-15-13-11-9-7-2/h15,17,20-21,23,25,27,29,31,35,43-46,52H,6-14,16,18-19,22,24,26,28,30,32-34,36-42,50H2,1-5H3,(H-,53,54,57,58)/p+1/b17-15-,21-20-,25-23-,29-27+,35-31+/t43-,44+,45+,46-/m1/s1. The quantitative estimate of drug-likeness (QED) is 0.0113. The highest BCUT2D eigenvalue weighted by molar-refractivity contribution is 8.00. The van der Waals surface area contributed by atoms with Gasteiger partial charge in [-0.3, -0.25) is 23.4 Å². The number of aliphatic carboxylic acids is 1. The number of esters is 2. The largest absolute Gasteiger partial charge is 0.481 e. The zero-order valence-corrected chi connectivity index (χ0v) is 41.9. The van der Waals surface area contributed by atoms with Crippen molar-refractivity contribution in [2.24, 2.45) is 5.73 Å². The molecule has 0 saturated carbocycles. The second-order valence-corrected chi connectivity index (χ2v) is 20.0. The highest BCUT2D eigenvalue weighted by Gasteiger charge is 2.28. The molecule has 0 bridgehead atoms. The number of carbonyl (C=O) groups is 3. The van der Waals surface area contributed by atoms with Crippen molar-refractivity contribution in [3.05, 3.63) is 60.8 Å². The number of nitrogens with zero attached hydrogens (tertiary/aromatic N) is 1. The Morgan fingerprint density at radius 1 is 0.719 bits per heavy atom. The van der Waals surface area contributed by atoms with Crippen LogP contribution < -0.4 is 5.73 Å². The molecule has 370 valence electrons. The molecule has 0 aromatic rings. The van der Waals surface area contributed by atoms with Crippen molar-refractivity contribution in [2.75, 3.05) is 53.3 Å². The number of carboxylic acids is 1. The first kappa shape index (κ1) is 61.5. The Kier molecular flexibility index (Phi) is 39.1. The van der Waals surface area contributed by atoms with E-state index in [9.17, 15) is 28.9 Å². The fraction of sp³-hybridized carbons (Fsp3) is 0.735. The van der Waals surface area contributed by atoms with E-state index >= 15 is 0 Å². The summed E-state index contributed by atoms with van der Waals surface area (Å²) in [7, 11) is 1.21. The highest BCUT2D eigenvalue weighted by Crippen LogP contribution is 2.43. The minimum absolute atomic E-state index is 0.0480. The summed E-state index contributed by atoms with van der Waals surface area (Å²) in [5.74, 6) is -2.24. The number of allylic oxidation sites excluding steroid dienone is 9. The number of aliphatic hydroxyl groups is 1. The lowest BCUT2D eigenvalue weighted by atomic mass is 10.1. The van der Waals surface area contributed by atoms with E-state index < -0.39 is 62.4 Å². The van der Waals surface area contributed by atoms with Crippen molar-refractivity contribution in [1.82, 2.24) is 0 Å². The third kappa shape index (κ3) is 40.9. The zero-order chi connectivity index (χ0) is 47.7. The first-order valence-corrected chi connectivity index (χ1v) is 26.5. The predicted octanol–water partition coefficient (Wildman–Crippen LogP) is 10.6. The molecular weight excluding hydrogens is 856 g/mol. The number of carboxylic acid groups (broad SMARTS) is 1. The van der Waals surface area contributed by atoms with E-state index in [-0.39, 0.29) is 38.0 Å². The number of rotatable bonds is 43. The first-order chi connectivity index (χ1) is 30.6. The summed E-state index contributed by atoms with van der Waals surface area (Å²) >= 11 is 1.23. The van der Waals surface area contributed by atoms with Crippen LogP contribution in [0.15, 0.2) is 60.8 Å². The third-order valence-corrected chi connectivity index (χ3v) is 12.4. The average molecular weight is 944 g/mol. The van der Waals surface area contributed by atoms with Crippen LogP contribution >= 0.6 is 19.6 Å². The summed E-state index contributed by atoms with van der Waals surface area (Å²) in [6.07, 6.45) is 38.8. The molecule has 0 aromatic carbocycles. The molecule has 64 heavy (non-hydrogen) atoms. The lowest BCUT2D eigenvalue weighted by molar-refractivity contribution is -0.870. The maximum Gasteiger partial charge on any atom is 0.472 e. The molecule has 5 N–H and O–H groups in total. The molecule has 0 saturated heterocycles. The zero-order valence-electron chi connectivity index (χ0n) is 40.2. The monoisotopic (exact) mass is 944 g/mol. The lowest BCUT2D eigenvalue weighted by Gasteiger charge is -2.24. The smallest absolute Gasteiger partial charge is 0.472 e. The summed E-state index contributed by atoms with van der Waals surface area (Å²) in [5, 5.41) is 19.5. The van der Waals surface area contributed by atoms with E-state index in [0.29, 0.717) is 17.4 Å². The Hall–Kier alpha value is -2.55. The van der Waals surface area contributed by atoms with Crippen LogP contribution in [0, 0.1) is 0 Å². The van der Waals surface area contributed by atoms with Gasteiger partial charge in [0.1, 0.15) is 25.8 Å². The van der Waals surface area contributed by atoms with Crippen molar-refractivity contribution in [1.29, 1.82) is 0 Å². The van der Waals surface area contributed by atoms with E-state index in [1.165, 1.54) is 69.5 Å². The molecule has 0 amide bonds. The average Bonchev–Trinajstić information content (AvgIpc) is 3.23. The van der Waals surface area contributed by atoms with Gasteiger partial charge in [0, 0.05) is 23.8 Å². The second-order valence-electron chi connectivity index (χ2n) is 17.3. The van der Waals surface area contributed by atoms with Gasteiger partial charge in [-0.05, 0) is 64.2 Å². The Balaban J connectivity index is 5.23. The van der Waals surface area contributed by atoms with Crippen molar-refractivity contribution >= 4 is 37.5 Å². The molecule has 15 heteroatoms. The Morgan fingerprint density at radius 3 is 1.94 bits per heavy atom. The van der Waals surface area contributed by atoms with Crippen molar-refractivity contribution in [3.8, 4) is 0 Å². The molecule has 0 aliphatic rings. The first-order valence-electron chi connectivity index (χ1n) is 24.0. The fourth-order valence-corrected chi connectivity index (χ4v) is 7.96. The van der Waals surface area contributed by atoms with Crippen LogP contribution in [0.1, 0.15) is 155 Å². The van der Waals surface area contributed by atoms with Gasteiger partial charge in [-0.15, -0.1) is 11.8 Å². The minimum atomic E-state index is -4.52. The lowest BCUT2D eigenvalue weighted by Crippen LogP contribution is -2.39. The molecule has 0 heterocycles. The molecule has 0 radical (unpaired) electrons. The molecule has 0 aliphatic heterocycles. The van der Waals surface area contributed by atoms with Crippen molar-refractivity contribution in [3.63, 3.8) is 0 Å². The number of carbonyl (C=O) groups excluding carboxylic acids is 2. The predicted molar refractivity (Wildman–Crippen MR) is 262 cm³/mol. The van der Waals surface area contributed by atoms with Crippen LogP contribution in [0.25, 0.3) is 0 Å². The van der Waals surface area contributed by atoms with Crippen molar-refractivity contribution in [2.45, 2.75) is 179 Å². The van der Waals surface area contributed by atoms with Gasteiger partial charge in [0.05, 0.1) is 33.9 Å². The maximum absolute atomic E-state index is 13.1. The summed E-state index contributed by atoms with van der Waals surface area (Å²) in [5.41, 5.74) is 6.21. The Morgan fingerprint density at radius 2 is 1.30 bits per heavy atom. The number of unbranched alkanes of at least 4 members (excludes halogenated alkanes) is 14. The van der Waals surface area contributed by atoms with Crippen LogP contribution in [0.3, 0.4) is 0 Å². The summed E-state index contributed by atoms with van der Waals surface area (Å²) in [4.78, 5) is 47.3. The molecule has 0 aromatic heterocycles. The number of hydrogen-bond acceptors (Lipinski definition) is 11. The second kappa shape index (κ2) is 40.7. The normalized spacial score (nSPS) is 15.4. The number of aliphatic hydroxyl groups excluding tert-OH is 1. The van der Waals surface area contributed by atoms with Crippen molar-refractivity contribution < 1.29 is 57.1 Å². The Bertz CT molecular complexity index is 1400. The van der Waals surface area contributed by atoms with Gasteiger partial charge in [-0.25, -0.2) is 4.57 Å². The van der Waals surface area contributed by atoms with Crippen LogP contribution in [0.5, 0.6) is 0 Å². The molecule has 0 rings (SSSR count). The van der Waals surface area contributed by atoms with E-state index in [2.05, 4.69) is 38.2 Å². The molecule has 5 atom stereocenters. The number of thioether (sulfide) groups is 1. The molecule has 13 nitrogen and oxygen atoms in total. The number of likely N-dealkylation sites (N-methyl/N-ethyl adjacent to an activating group) is 1. The minimum Gasteiger partial charge on any atom is -0.481 e. The van der Waals surface area contributed by atoms with E-state index in [1.807, 2.05) is 45.4 Å². The summed E-state index contributed by atoms with van der Waals surface area (Å²) in [6, 6.07) is -1.13. The maximum atomic E-state index is 13.1. The van der Waals surface area contributed by atoms with Gasteiger partial charge in [0.25, 0.3) is 0 Å². The van der Waals surface area contributed by atoms with Gasteiger partial charge in [0.15, 0.2) is 6.10 Å². The van der Waals surface area contributed by atoms with Gasteiger partial charge >= 0.3 is 25.7 Å². The van der Waals surface area contributed by atoms with Gasteiger partial charge in [0.2, 0.25) is 0 Å². The molecular formula is C49H88N2O11PS+. The van der Waals surface area contributed by atoms with Crippen LogP contribution in [-0.4, -0.2) is 114 Å². The number of phosphoric ester groups is 1. The van der Waals surface area contributed by atoms with Crippen LogP contribution in [-0.2, 0) is 37.5 Å². The van der Waals surface area contributed by atoms with Crippen LogP contribution in [0.4, 0.5) is 0 Å².